The van der Waals surface area contributed by atoms with Gasteiger partial charge in [0.25, 0.3) is 5.91 Å². The third-order valence-corrected chi connectivity index (χ3v) is 11.0. The van der Waals surface area contributed by atoms with Crippen LogP contribution in [0, 0.1) is 18.8 Å². The van der Waals surface area contributed by atoms with Crippen molar-refractivity contribution >= 4 is 62.8 Å². The Labute approximate surface area is 235 Å². The summed E-state index contributed by atoms with van der Waals surface area (Å²) in [7, 11) is 0. The maximum Gasteiger partial charge on any atom is 0.310 e. The van der Waals surface area contributed by atoms with Crippen LogP contribution in [0.1, 0.15) is 24.8 Å². The van der Waals surface area contributed by atoms with Crippen LogP contribution in [0.5, 0.6) is 0 Å². The number of rotatable bonds is 11. The topological polar surface area (TPSA) is 87.2 Å². The molecule has 0 radical (unpaired) electrons. The van der Waals surface area contributed by atoms with E-state index in [0.717, 1.165) is 5.56 Å². The summed E-state index contributed by atoms with van der Waals surface area (Å²) >= 11 is 11.9. The number of halogens is 2. The van der Waals surface area contributed by atoms with E-state index < -0.39 is 28.6 Å². The number of carbonyl (C=O) groups is 3. The van der Waals surface area contributed by atoms with Crippen LogP contribution in [0.25, 0.3) is 0 Å². The molecule has 0 aliphatic carbocycles. The Kier molecular flexibility index (Phi) is 8.78. The molecule has 7 nitrogen and oxygen atoms in total. The first-order chi connectivity index (χ1) is 17.7. The third-order valence-electron chi connectivity index (χ3n) is 7.45. The standard InChI is InChI=1S/C27H32BrClN2O5S/c1-4-6-14-36-26(35)19-20-24(33)31(12-8-13-32)23(27(20)15-17(28)22(19)37-27)25(34)30(11-5-2)21-16(3)9-7-10-18(21)29/h4-5,7,9-10,17,19-20,22-23,32H,1-2,6,8,11-15H2,3H3/t17?,19-,20+,22-,23?,27?/m1/s1. The predicted molar refractivity (Wildman–Crippen MR) is 150 cm³/mol. The quantitative estimate of drug-likeness (QED) is 0.175. The molecule has 3 unspecified atom stereocenters. The lowest BCUT2D eigenvalue weighted by molar-refractivity contribution is -0.154. The summed E-state index contributed by atoms with van der Waals surface area (Å²) in [4.78, 5) is 44.8. The van der Waals surface area contributed by atoms with Gasteiger partial charge in [-0.05, 0) is 37.8 Å². The van der Waals surface area contributed by atoms with Crippen LogP contribution in [-0.4, -0.2) is 75.0 Å². The van der Waals surface area contributed by atoms with E-state index in [0.29, 0.717) is 30.0 Å². The smallest absolute Gasteiger partial charge is 0.310 e. The van der Waals surface area contributed by atoms with Gasteiger partial charge in [-0.2, -0.15) is 0 Å². The number of alkyl halides is 1. The van der Waals surface area contributed by atoms with Gasteiger partial charge in [0.2, 0.25) is 5.91 Å². The second-order valence-corrected chi connectivity index (χ2v) is 12.8. The molecule has 4 rings (SSSR count). The first kappa shape index (κ1) is 28.2. The summed E-state index contributed by atoms with van der Waals surface area (Å²) in [5.41, 5.74) is 1.41. The maximum atomic E-state index is 14.5. The Morgan fingerprint density at radius 2 is 2.14 bits per heavy atom. The number of esters is 1. The van der Waals surface area contributed by atoms with Gasteiger partial charge < -0.3 is 19.6 Å². The monoisotopic (exact) mass is 610 g/mol. The number of hydrogen-bond acceptors (Lipinski definition) is 6. The van der Waals surface area contributed by atoms with Crippen molar-refractivity contribution in [2.24, 2.45) is 11.8 Å². The van der Waals surface area contributed by atoms with Crippen molar-refractivity contribution in [1.82, 2.24) is 4.90 Å². The average molecular weight is 612 g/mol. The summed E-state index contributed by atoms with van der Waals surface area (Å²) in [6.45, 7) is 9.89. The Hall–Kier alpha value is -1.81. The highest BCUT2D eigenvalue weighted by molar-refractivity contribution is 9.09. The molecule has 0 aromatic heterocycles. The molecule has 3 aliphatic rings. The van der Waals surface area contributed by atoms with Crippen molar-refractivity contribution in [2.75, 3.05) is 31.2 Å². The van der Waals surface area contributed by atoms with Gasteiger partial charge in [-0.15, -0.1) is 24.9 Å². The summed E-state index contributed by atoms with van der Waals surface area (Å²) in [6, 6.07) is 4.62. The number of likely N-dealkylation sites (tertiary alicyclic amines) is 1. The minimum Gasteiger partial charge on any atom is -0.465 e. The zero-order valence-electron chi connectivity index (χ0n) is 20.8. The summed E-state index contributed by atoms with van der Waals surface area (Å²) in [6.07, 6.45) is 4.72. The van der Waals surface area contributed by atoms with Crippen molar-refractivity contribution < 1.29 is 24.2 Å². The fourth-order valence-electron chi connectivity index (χ4n) is 6.03. The molecule has 3 fully saturated rings. The van der Waals surface area contributed by atoms with Gasteiger partial charge in [-0.1, -0.05) is 51.8 Å². The summed E-state index contributed by atoms with van der Waals surface area (Å²) < 4.78 is 4.73. The third kappa shape index (κ3) is 4.77. The van der Waals surface area contributed by atoms with E-state index in [4.69, 9.17) is 16.3 Å². The normalized spacial score (nSPS) is 29.8. The van der Waals surface area contributed by atoms with Gasteiger partial charge in [0.05, 0.1) is 33.9 Å². The zero-order chi connectivity index (χ0) is 26.9. The second kappa shape index (κ2) is 11.5. The lowest BCUT2D eigenvalue weighted by Crippen LogP contribution is -2.56. The Balaban J connectivity index is 1.78. The van der Waals surface area contributed by atoms with Crippen LogP contribution in [-0.2, 0) is 19.1 Å². The van der Waals surface area contributed by atoms with E-state index in [9.17, 15) is 19.5 Å². The number of aliphatic hydroxyl groups is 1. The highest BCUT2D eigenvalue weighted by Crippen LogP contribution is 2.68. The summed E-state index contributed by atoms with van der Waals surface area (Å²) in [5.74, 6) is -2.26. The number of ether oxygens (including phenoxy) is 1. The number of benzene rings is 1. The molecule has 1 aromatic carbocycles. The molecule has 6 atom stereocenters. The van der Waals surface area contributed by atoms with Crippen molar-refractivity contribution in [1.29, 1.82) is 0 Å². The first-order valence-electron chi connectivity index (χ1n) is 12.4. The van der Waals surface area contributed by atoms with E-state index in [1.807, 2.05) is 19.1 Å². The van der Waals surface area contributed by atoms with Crippen LogP contribution in [0.2, 0.25) is 5.02 Å². The number of para-hydroxylation sites is 1. The molecule has 1 N–H and O–H groups in total. The number of fused-ring (bicyclic) bond motifs is 1. The van der Waals surface area contributed by atoms with Gasteiger partial charge in [0, 0.05) is 29.8 Å². The van der Waals surface area contributed by atoms with Crippen LogP contribution < -0.4 is 4.90 Å². The van der Waals surface area contributed by atoms with Gasteiger partial charge >= 0.3 is 5.97 Å². The molecule has 3 heterocycles. The maximum absolute atomic E-state index is 14.5. The predicted octanol–water partition coefficient (Wildman–Crippen LogP) is 4.13. The number of nitrogens with zero attached hydrogens (tertiary/aromatic N) is 2. The fourth-order valence-corrected chi connectivity index (χ4v) is 9.95. The van der Waals surface area contributed by atoms with Gasteiger partial charge in [-0.25, -0.2) is 0 Å². The van der Waals surface area contributed by atoms with Crippen LogP contribution in [0.4, 0.5) is 5.69 Å². The molecule has 0 saturated carbocycles. The Morgan fingerprint density at radius 3 is 2.78 bits per heavy atom. The number of anilines is 1. The number of aryl methyl sites for hydroxylation is 1. The minimum atomic E-state index is -0.826. The number of carbonyl (C=O) groups excluding carboxylic acids is 3. The number of amides is 2. The van der Waals surface area contributed by atoms with E-state index in [1.54, 1.807) is 39.8 Å². The fraction of sp³-hybridized carbons (Fsp3) is 0.519. The average Bonchev–Trinajstić information content (AvgIpc) is 3.45. The van der Waals surface area contributed by atoms with Crippen molar-refractivity contribution in [2.45, 2.75) is 47.1 Å². The Morgan fingerprint density at radius 1 is 1.38 bits per heavy atom. The number of thioether (sulfide) groups is 1. The zero-order valence-corrected chi connectivity index (χ0v) is 23.9. The molecule has 1 spiro atoms. The van der Waals surface area contributed by atoms with Gasteiger partial charge in [0.15, 0.2) is 0 Å². The molecule has 3 saturated heterocycles. The molecule has 10 heteroatoms. The lowest BCUT2D eigenvalue weighted by atomic mass is 9.71. The highest BCUT2D eigenvalue weighted by atomic mass is 79.9. The first-order valence-corrected chi connectivity index (χ1v) is 14.6. The SMILES string of the molecule is C=CCCOC(=O)[C@H]1[C@@H]2SC3(CC2Br)C(C(=O)N(CC=C)c2c(C)cccc2Cl)N(CCCO)C(=O)[C@H]13. The molecule has 2 bridgehead atoms. The van der Waals surface area contributed by atoms with Gasteiger partial charge in [0.1, 0.15) is 6.04 Å². The lowest BCUT2D eigenvalue weighted by Gasteiger charge is -2.38. The molecular formula is C27H32BrClN2O5S. The van der Waals surface area contributed by atoms with E-state index in [-0.39, 0.29) is 48.2 Å². The second-order valence-electron chi connectivity index (χ2n) is 9.66. The van der Waals surface area contributed by atoms with Crippen LogP contribution in [0.3, 0.4) is 0 Å². The number of hydrogen-bond donors (Lipinski definition) is 1. The van der Waals surface area contributed by atoms with Crippen molar-refractivity contribution in [3.8, 4) is 0 Å². The minimum absolute atomic E-state index is 0.0542. The largest absolute Gasteiger partial charge is 0.465 e. The molecule has 2 amide bonds. The molecule has 200 valence electrons. The van der Waals surface area contributed by atoms with Gasteiger partial charge in [-0.3, -0.25) is 14.4 Å². The molecular weight excluding hydrogens is 580 g/mol. The molecule has 3 aliphatic heterocycles. The highest BCUT2D eigenvalue weighted by Gasteiger charge is 2.76. The molecule has 37 heavy (non-hydrogen) atoms. The van der Waals surface area contributed by atoms with Crippen molar-refractivity contribution in [3.05, 3.63) is 54.1 Å². The van der Waals surface area contributed by atoms with E-state index in [1.165, 1.54) is 0 Å². The molecule has 1 aromatic rings. The van der Waals surface area contributed by atoms with Crippen molar-refractivity contribution in [3.63, 3.8) is 0 Å². The van der Waals surface area contributed by atoms with E-state index >= 15 is 0 Å². The Bertz CT molecular complexity index is 1080. The summed E-state index contributed by atoms with van der Waals surface area (Å²) in [5, 5.41) is 9.80. The van der Waals surface area contributed by atoms with Crippen LogP contribution in [0.15, 0.2) is 43.5 Å². The van der Waals surface area contributed by atoms with E-state index in [2.05, 4.69) is 29.1 Å². The number of aliphatic hydroxyl groups excluding tert-OH is 1. The van der Waals surface area contributed by atoms with Crippen LogP contribution >= 0.6 is 39.3 Å².